The van der Waals surface area contributed by atoms with E-state index in [2.05, 4.69) is 0 Å². The quantitative estimate of drug-likeness (QED) is 0.693. The summed E-state index contributed by atoms with van der Waals surface area (Å²) < 4.78 is 13.3. The second kappa shape index (κ2) is 9.29. The van der Waals surface area contributed by atoms with Gasteiger partial charge in [-0.3, -0.25) is 14.4 Å². The van der Waals surface area contributed by atoms with E-state index in [1.807, 2.05) is 30.3 Å². The highest BCUT2D eigenvalue weighted by Crippen LogP contribution is 2.21. The normalized spacial score (nSPS) is 17.9. The van der Waals surface area contributed by atoms with Crippen LogP contribution in [0.1, 0.15) is 24.0 Å². The smallest absolute Gasteiger partial charge is 0.312 e. The van der Waals surface area contributed by atoms with Gasteiger partial charge in [-0.1, -0.05) is 42.5 Å². The number of piperidine rings is 1. The Morgan fingerprint density at radius 1 is 0.871 bits per heavy atom. The van der Waals surface area contributed by atoms with Crippen molar-refractivity contribution in [2.24, 2.45) is 0 Å². The fourth-order valence-electron chi connectivity index (χ4n) is 4.35. The molecule has 6 nitrogen and oxygen atoms in total. The van der Waals surface area contributed by atoms with Crippen LogP contribution in [0.15, 0.2) is 54.6 Å². The van der Waals surface area contributed by atoms with Gasteiger partial charge in [-0.15, -0.1) is 0 Å². The summed E-state index contributed by atoms with van der Waals surface area (Å²) in [6.45, 7) is 2.53. The van der Waals surface area contributed by atoms with Gasteiger partial charge in [0.15, 0.2) is 0 Å². The minimum Gasteiger partial charge on any atom is -0.342 e. The number of hydrogen-bond acceptors (Lipinski definition) is 3. The Morgan fingerprint density at radius 3 is 2.29 bits per heavy atom. The van der Waals surface area contributed by atoms with E-state index in [1.54, 1.807) is 26.8 Å². The van der Waals surface area contributed by atoms with Gasteiger partial charge in [0, 0.05) is 38.8 Å². The SMILES string of the molecule is O=C(Cc1cccc(F)c1)N1CCC(N2CCN(Cc3ccccc3)C(=O)C2=O)CC1. The maximum absolute atomic E-state index is 13.3. The van der Waals surface area contributed by atoms with Crippen LogP contribution in [-0.2, 0) is 27.3 Å². The average molecular weight is 423 g/mol. The lowest BCUT2D eigenvalue weighted by Gasteiger charge is -2.42. The van der Waals surface area contributed by atoms with E-state index >= 15 is 0 Å². The summed E-state index contributed by atoms with van der Waals surface area (Å²) in [5.41, 5.74) is 1.66. The molecule has 3 amide bonds. The first-order chi connectivity index (χ1) is 15.0. The van der Waals surface area contributed by atoms with Crippen LogP contribution >= 0.6 is 0 Å². The van der Waals surface area contributed by atoms with E-state index in [0.717, 1.165) is 5.56 Å². The maximum Gasteiger partial charge on any atom is 0.312 e. The summed E-state index contributed by atoms with van der Waals surface area (Å²) in [4.78, 5) is 43.0. The highest BCUT2D eigenvalue weighted by Gasteiger charge is 2.37. The number of halogens is 1. The monoisotopic (exact) mass is 423 g/mol. The summed E-state index contributed by atoms with van der Waals surface area (Å²) >= 11 is 0. The van der Waals surface area contributed by atoms with E-state index in [4.69, 9.17) is 0 Å². The van der Waals surface area contributed by atoms with Crippen molar-refractivity contribution in [2.45, 2.75) is 31.8 Å². The zero-order valence-corrected chi connectivity index (χ0v) is 17.4. The molecular formula is C24H26FN3O3. The topological polar surface area (TPSA) is 60.9 Å². The predicted molar refractivity (Wildman–Crippen MR) is 113 cm³/mol. The van der Waals surface area contributed by atoms with Crippen LogP contribution in [0.4, 0.5) is 4.39 Å². The zero-order valence-electron chi connectivity index (χ0n) is 17.4. The molecule has 4 rings (SSSR count). The van der Waals surface area contributed by atoms with Crippen LogP contribution in [0.5, 0.6) is 0 Å². The van der Waals surface area contributed by atoms with Crippen molar-refractivity contribution in [3.05, 3.63) is 71.5 Å². The van der Waals surface area contributed by atoms with Crippen LogP contribution in [0, 0.1) is 5.82 Å². The number of likely N-dealkylation sites (tertiary alicyclic amines) is 1. The molecule has 0 N–H and O–H groups in total. The molecule has 2 aliphatic rings. The average Bonchev–Trinajstić information content (AvgIpc) is 2.78. The van der Waals surface area contributed by atoms with Gasteiger partial charge in [0.1, 0.15) is 5.82 Å². The van der Waals surface area contributed by atoms with Gasteiger partial charge in [-0.25, -0.2) is 4.39 Å². The molecule has 0 atom stereocenters. The first-order valence-corrected chi connectivity index (χ1v) is 10.7. The van der Waals surface area contributed by atoms with Crippen LogP contribution in [0.25, 0.3) is 0 Å². The third kappa shape index (κ3) is 4.93. The second-order valence-corrected chi connectivity index (χ2v) is 8.13. The Kier molecular flexibility index (Phi) is 6.30. The highest BCUT2D eigenvalue weighted by atomic mass is 19.1. The molecule has 7 heteroatoms. The summed E-state index contributed by atoms with van der Waals surface area (Å²) in [6, 6.07) is 15.7. The Balaban J connectivity index is 1.29. The third-order valence-electron chi connectivity index (χ3n) is 6.06. The highest BCUT2D eigenvalue weighted by molar-refractivity contribution is 6.35. The lowest BCUT2D eigenvalue weighted by Crippen LogP contribution is -2.59. The minimum atomic E-state index is -0.459. The lowest BCUT2D eigenvalue weighted by atomic mass is 10.0. The van der Waals surface area contributed by atoms with Crippen LogP contribution in [0.3, 0.4) is 0 Å². The molecule has 2 aliphatic heterocycles. The molecule has 2 aromatic rings. The first kappa shape index (κ1) is 21.0. The van der Waals surface area contributed by atoms with E-state index in [9.17, 15) is 18.8 Å². The summed E-state index contributed by atoms with van der Waals surface area (Å²) in [5.74, 6) is -1.30. The van der Waals surface area contributed by atoms with E-state index in [-0.39, 0.29) is 24.2 Å². The number of carbonyl (C=O) groups is 3. The van der Waals surface area contributed by atoms with Crippen LogP contribution in [-0.4, -0.2) is 64.6 Å². The molecule has 0 aliphatic carbocycles. The molecule has 2 saturated heterocycles. The third-order valence-corrected chi connectivity index (χ3v) is 6.06. The largest absolute Gasteiger partial charge is 0.342 e. The molecule has 0 aromatic heterocycles. The molecular weight excluding hydrogens is 397 g/mol. The molecule has 0 bridgehead atoms. The predicted octanol–water partition coefficient (Wildman–Crippen LogP) is 2.23. The molecule has 2 fully saturated rings. The number of hydrogen-bond donors (Lipinski definition) is 0. The van der Waals surface area contributed by atoms with Gasteiger partial charge in [0.25, 0.3) is 0 Å². The van der Waals surface area contributed by atoms with Gasteiger partial charge >= 0.3 is 11.8 Å². The van der Waals surface area contributed by atoms with Crippen molar-refractivity contribution in [3.63, 3.8) is 0 Å². The van der Waals surface area contributed by atoms with Crippen LogP contribution in [0.2, 0.25) is 0 Å². The fraction of sp³-hybridized carbons (Fsp3) is 0.375. The van der Waals surface area contributed by atoms with Crippen molar-refractivity contribution in [3.8, 4) is 0 Å². The van der Waals surface area contributed by atoms with Gasteiger partial charge in [-0.2, -0.15) is 0 Å². The van der Waals surface area contributed by atoms with E-state index in [1.165, 1.54) is 12.1 Å². The number of benzene rings is 2. The molecule has 162 valence electrons. The Labute approximate surface area is 181 Å². The number of piperazine rings is 1. The van der Waals surface area contributed by atoms with Gasteiger partial charge in [0.2, 0.25) is 5.91 Å². The van der Waals surface area contributed by atoms with Crippen molar-refractivity contribution < 1.29 is 18.8 Å². The molecule has 2 aromatic carbocycles. The van der Waals surface area contributed by atoms with Crippen molar-refractivity contribution in [1.29, 1.82) is 0 Å². The number of nitrogens with zero attached hydrogens (tertiary/aromatic N) is 3. The molecule has 0 unspecified atom stereocenters. The minimum absolute atomic E-state index is 0.0338. The van der Waals surface area contributed by atoms with Gasteiger partial charge in [0.05, 0.1) is 6.42 Å². The first-order valence-electron chi connectivity index (χ1n) is 10.7. The zero-order chi connectivity index (χ0) is 21.8. The Bertz CT molecular complexity index is 958. The summed E-state index contributed by atoms with van der Waals surface area (Å²) in [6.07, 6.45) is 1.46. The molecule has 0 saturated carbocycles. The number of carbonyl (C=O) groups excluding carboxylic acids is 3. The van der Waals surface area contributed by atoms with Gasteiger partial charge < -0.3 is 14.7 Å². The van der Waals surface area contributed by atoms with Crippen molar-refractivity contribution >= 4 is 17.7 Å². The van der Waals surface area contributed by atoms with Gasteiger partial charge in [-0.05, 0) is 36.1 Å². The number of amides is 3. The van der Waals surface area contributed by atoms with E-state index < -0.39 is 11.8 Å². The van der Waals surface area contributed by atoms with Crippen molar-refractivity contribution in [2.75, 3.05) is 26.2 Å². The molecule has 2 heterocycles. The Morgan fingerprint density at radius 2 is 1.58 bits per heavy atom. The fourth-order valence-corrected chi connectivity index (χ4v) is 4.35. The van der Waals surface area contributed by atoms with Crippen molar-refractivity contribution in [1.82, 2.24) is 14.7 Å². The number of rotatable bonds is 5. The van der Waals surface area contributed by atoms with E-state index in [0.29, 0.717) is 51.1 Å². The lowest BCUT2D eigenvalue weighted by molar-refractivity contribution is -0.159. The second-order valence-electron chi connectivity index (χ2n) is 8.13. The van der Waals surface area contributed by atoms with Crippen LogP contribution < -0.4 is 0 Å². The summed E-state index contributed by atoms with van der Waals surface area (Å²) in [7, 11) is 0. The molecule has 0 radical (unpaired) electrons. The maximum atomic E-state index is 13.3. The molecule has 31 heavy (non-hydrogen) atoms. The standard InChI is InChI=1S/C24H26FN3O3/c25-20-8-4-7-19(15-20)16-22(29)26-11-9-21(10-12-26)28-14-13-27(23(30)24(28)31)17-18-5-2-1-3-6-18/h1-8,15,21H,9-14,16-17H2. The Hall–Kier alpha value is -3.22. The summed E-state index contributed by atoms with van der Waals surface area (Å²) in [5, 5.41) is 0. The molecule has 0 spiro atoms.